The lowest BCUT2D eigenvalue weighted by Crippen LogP contribution is -2.30. The van der Waals surface area contributed by atoms with Crippen molar-refractivity contribution in [1.82, 2.24) is 4.90 Å². The van der Waals surface area contributed by atoms with E-state index in [4.69, 9.17) is 16.9 Å². The molecule has 0 atom stereocenters. The Morgan fingerprint density at radius 2 is 1.91 bits per heavy atom. The normalized spacial score (nSPS) is 10.3. The van der Waals surface area contributed by atoms with Crippen LogP contribution >= 0.6 is 11.6 Å². The van der Waals surface area contributed by atoms with Gasteiger partial charge in [0.15, 0.2) is 0 Å². The molecular weight excluding hydrogens is 298 g/mol. The van der Waals surface area contributed by atoms with Gasteiger partial charge in [-0.15, -0.1) is 0 Å². The van der Waals surface area contributed by atoms with Crippen LogP contribution in [0.4, 0.5) is 5.69 Å². The summed E-state index contributed by atoms with van der Waals surface area (Å²) in [5.74, 6) is -0.148. The van der Waals surface area contributed by atoms with Gasteiger partial charge in [-0.1, -0.05) is 41.9 Å². The third kappa shape index (κ3) is 4.32. The van der Waals surface area contributed by atoms with Crippen molar-refractivity contribution in [3.8, 4) is 6.07 Å². The number of hydrogen-bond donors (Lipinski definition) is 1. The molecule has 0 spiro atoms. The van der Waals surface area contributed by atoms with Crippen molar-refractivity contribution in [3.63, 3.8) is 0 Å². The van der Waals surface area contributed by atoms with Crippen molar-refractivity contribution in [2.75, 3.05) is 18.9 Å². The molecule has 2 aromatic rings. The minimum Gasteiger partial charge on any atom is -0.324 e. The van der Waals surface area contributed by atoms with E-state index in [9.17, 15) is 4.79 Å². The van der Waals surface area contributed by atoms with E-state index in [1.54, 1.807) is 18.2 Å². The number of nitriles is 1. The van der Waals surface area contributed by atoms with Gasteiger partial charge in [-0.2, -0.15) is 5.26 Å². The van der Waals surface area contributed by atoms with E-state index in [0.717, 1.165) is 5.56 Å². The van der Waals surface area contributed by atoms with Gasteiger partial charge in [0.2, 0.25) is 5.91 Å². The average Bonchev–Trinajstić information content (AvgIpc) is 2.50. The van der Waals surface area contributed by atoms with Gasteiger partial charge in [-0.25, -0.2) is 0 Å². The van der Waals surface area contributed by atoms with Crippen LogP contribution in [0.5, 0.6) is 0 Å². The number of likely N-dealkylation sites (N-methyl/N-ethyl adjacent to an activating group) is 1. The molecule has 0 fully saturated rings. The molecule has 5 heteroatoms. The van der Waals surface area contributed by atoms with Gasteiger partial charge < -0.3 is 5.32 Å². The Balaban J connectivity index is 1.95. The van der Waals surface area contributed by atoms with E-state index < -0.39 is 0 Å². The molecule has 0 radical (unpaired) electrons. The molecule has 4 nitrogen and oxygen atoms in total. The molecule has 1 N–H and O–H groups in total. The molecule has 1 amide bonds. The number of carbonyl (C=O) groups is 1. The Hall–Kier alpha value is -2.35. The SMILES string of the molecule is CN(CC(=O)Nc1ccccc1Cl)Cc1ccccc1C#N. The molecule has 0 saturated heterocycles. The molecule has 0 aromatic heterocycles. The van der Waals surface area contributed by atoms with Gasteiger partial charge in [0.25, 0.3) is 0 Å². The van der Waals surface area contributed by atoms with Crippen molar-refractivity contribution in [2.45, 2.75) is 6.54 Å². The summed E-state index contributed by atoms with van der Waals surface area (Å²) in [5.41, 5.74) is 2.12. The number of anilines is 1. The number of nitrogens with one attached hydrogen (secondary N) is 1. The van der Waals surface area contributed by atoms with Crippen LogP contribution in [0.25, 0.3) is 0 Å². The molecule has 2 aromatic carbocycles. The highest BCUT2D eigenvalue weighted by Gasteiger charge is 2.10. The topological polar surface area (TPSA) is 56.1 Å². The largest absolute Gasteiger partial charge is 0.324 e. The molecule has 112 valence electrons. The maximum atomic E-state index is 12.0. The highest BCUT2D eigenvalue weighted by molar-refractivity contribution is 6.33. The zero-order valence-electron chi connectivity index (χ0n) is 12.2. The standard InChI is InChI=1S/C17H16ClN3O/c1-21(11-14-7-3-2-6-13(14)10-19)12-17(22)20-16-9-5-4-8-15(16)18/h2-9H,11-12H2,1H3,(H,20,22). The number of rotatable bonds is 5. The summed E-state index contributed by atoms with van der Waals surface area (Å²) in [6.45, 7) is 0.741. The van der Waals surface area contributed by atoms with Crippen molar-refractivity contribution in [3.05, 3.63) is 64.7 Å². The summed E-state index contributed by atoms with van der Waals surface area (Å²) in [4.78, 5) is 13.9. The van der Waals surface area contributed by atoms with Crippen molar-refractivity contribution < 1.29 is 4.79 Å². The van der Waals surface area contributed by atoms with Crippen molar-refractivity contribution in [2.24, 2.45) is 0 Å². The number of hydrogen-bond acceptors (Lipinski definition) is 3. The second kappa shape index (κ2) is 7.60. The summed E-state index contributed by atoms with van der Waals surface area (Å²) in [6.07, 6.45) is 0. The summed E-state index contributed by atoms with van der Waals surface area (Å²) < 4.78 is 0. The van der Waals surface area contributed by atoms with Crippen LogP contribution in [0.3, 0.4) is 0 Å². The Kier molecular flexibility index (Phi) is 5.54. The highest BCUT2D eigenvalue weighted by Crippen LogP contribution is 2.20. The first-order valence-electron chi connectivity index (χ1n) is 6.81. The smallest absolute Gasteiger partial charge is 0.238 e. The minimum absolute atomic E-state index is 0.148. The summed E-state index contributed by atoms with van der Waals surface area (Å²) in [5, 5.41) is 12.4. The van der Waals surface area contributed by atoms with E-state index in [0.29, 0.717) is 22.8 Å². The third-order valence-corrected chi connectivity index (χ3v) is 3.47. The molecule has 22 heavy (non-hydrogen) atoms. The quantitative estimate of drug-likeness (QED) is 0.921. The first-order valence-corrected chi connectivity index (χ1v) is 7.19. The lowest BCUT2D eigenvalue weighted by molar-refractivity contribution is -0.117. The number of carbonyl (C=O) groups excluding carboxylic acids is 1. The maximum absolute atomic E-state index is 12.0. The van der Waals surface area contributed by atoms with Crippen molar-refractivity contribution >= 4 is 23.2 Å². The monoisotopic (exact) mass is 313 g/mol. The first kappa shape index (κ1) is 16.0. The first-order chi connectivity index (χ1) is 10.6. The molecule has 0 saturated carbocycles. The zero-order chi connectivity index (χ0) is 15.9. The van der Waals surface area contributed by atoms with Gasteiger partial charge in [0.1, 0.15) is 0 Å². The number of para-hydroxylation sites is 1. The summed E-state index contributed by atoms with van der Waals surface area (Å²) in [6, 6.07) is 16.6. The molecule has 0 bridgehead atoms. The van der Waals surface area contributed by atoms with Crippen LogP contribution in [0.2, 0.25) is 5.02 Å². The molecule has 0 aliphatic carbocycles. The van der Waals surface area contributed by atoms with E-state index in [1.807, 2.05) is 42.3 Å². The maximum Gasteiger partial charge on any atom is 0.238 e. The molecule has 0 aliphatic rings. The zero-order valence-corrected chi connectivity index (χ0v) is 13.0. The fraction of sp³-hybridized carbons (Fsp3) is 0.176. The highest BCUT2D eigenvalue weighted by atomic mass is 35.5. The van der Waals surface area contributed by atoms with Crippen LogP contribution in [0, 0.1) is 11.3 Å². The van der Waals surface area contributed by atoms with Crippen LogP contribution in [0.15, 0.2) is 48.5 Å². The third-order valence-electron chi connectivity index (χ3n) is 3.14. The van der Waals surface area contributed by atoms with Crippen LogP contribution in [0.1, 0.15) is 11.1 Å². The number of benzene rings is 2. The Labute approximate surface area is 134 Å². The molecule has 0 unspecified atom stereocenters. The number of amides is 1. The van der Waals surface area contributed by atoms with Crippen LogP contribution < -0.4 is 5.32 Å². The summed E-state index contributed by atoms with van der Waals surface area (Å²) >= 11 is 6.01. The lowest BCUT2D eigenvalue weighted by atomic mass is 10.1. The molecule has 2 rings (SSSR count). The van der Waals surface area contributed by atoms with Gasteiger partial charge in [0, 0.05) is 6.54 Å². The Bertz CT molecular complexity index is 709. The molecule has 0 aliphatic heterocycles. The van der Waals surface area contributed by atoms with Crippen LogP contribution in [-0.2, 0) is 11.3 Å². The van der Waals surface area contributed by atoms with E-state index in [-0.39, 0.29) is 12.5 Å². The minimum atomic E-state index is -0.148. The second-order valence-corrected chi connectivity index (χ2v) is 5.38. The van der Waals surface area contributed by atoms with Gasteiger partial charge >= 0.3 is 0 Å². The van der Waals surface area contributed by atoms with Crippen LogP contribution in [-0.4, -0.2) is 24.4 Å². The fourth-order valence-electron chi connectivity index (χ4n) is 2.11. The molecule has 0 heterocycles. The van der Waals surface area contributed by atoms with Gasteiger partial charge in [-0.3, -0.25) is 9.69 Å². The Morgan fingerprint density at radius 1 is 1.23 bits per heavy atom. The molecular formula is C17H16ClN3O. The Morgan fingerprint density at radius 3 is 2.64 bits per heavy atom. The second-order valence-electron chi connectivity index (χ2n) is 4.97. The summed E-state index contributed by atoms with van der Waals surface area (Å²) in [7, 11) is 1.83. The van der Waals surface area contributed by atoms with Gasteiger partial charge in [0.05, 0.1) is 28.9 Å². The van der Waals surface area contributed by atoms with Gasteiger partial charge in [-0.05, 0) is 30.8 Å². The lowest BCUT2D eigenvalue weighted by Gasteiger charge is -2.17. The van der Waals surface area contributed by atoms with E-state index in [2.05, 4.69) is 11.4 Å². The average molecular weight is 314 g/mol. The predicted molar refractivity (Wildman–Crippen MR) is 87.6 cm³/mol. The number of nitrogens with zero attached hydrogens (tertiary/aromatic N) is 2. The predicted octanol–water partition coefficient (Wildman–Crippen LogP) is 3.28. The fourth-order valence-corrected chi connectivity index (χ4v) is 2.29. The van der Waals surface area contributed by atoms with E-state index in [1.165, 1.54) is 0 Å². The number of halogens is 1. The van der Waals surface area contributed by atoms with E-state index >= 15 is 0 Å². The van der Waals surface area contributed by atoms with Crippen molar-refractivity contribution in [1.29, 1.82) is 5.26 Å².